The average Bonchev–Trinajstić information content (AvgIpc) is 2.93. The molecule has 22 heavy (non-hydrogen) atoms. The van der Waals surface area contributed by atoms with Gasteiger partial charge >= 0.3 is 0 Å². The van der Waals surface area contributed by atoms with Crippen LogP contribution in [0.25, 0.3) is 0 Å². The molecule has 1 atom stereocenters. The molecule has 0 amide bonds. The van der Waals surface area contributed by atoms with E-state index < -0.39 is 17.2 Å². The van der Waals surface area contributed by atoms with Crippen molar-refractivity contribution in [2.45, 2.75) is 44.7 Å². The van der Waals surface area contributed by atoms with Crippen LogP contribution in [-0.4, -0.2) is 27.9 Å². The van der Waals surface area contributed by atoms with Crippen molar-refractivity contribution in [2.75, 3.05) is 6.54 Å². The third-order valence-corrected chi connectivity index (χ3v) is 4.93. The predicted molar refractivity (Wildman–Crippen MR) is 79.6 cm³/mol. The molecule has 0 N–H and O–H groups in total. The first-order chi connectivity index (χ1) is 10.5. The molecule has 0 unspecified atom stereocenters. The molecule has 2 fully saturated rings. The minimum Gasteiger partial charge on any atom is -0.305 e. The minimum absolute atomic E-state index is 0.188. The van der Waals surface area contributed by atoms with Crippen molar-refractivity contribution in [3.8, 4) is 0 Å². The van der Waals surface area contributed by atoms with Crippen LogP contribution in [0.15, 0.2) is 30.5 Å². The van der Waals surface area contributed by atoms with Crippen LogP contribution in [0.4, 0.5) is 8.78 Å². The van der Waals surface area contributed by atoms with Crippen molar-refractivity contribution in [1.82, 2.24) is 10.0 Å². The highest BCUT2D eigenvalue weighted by Gasteiger charge is 2.51. The maximum atomic E-state index is 14.0. The van der Waals surface area contributed by atoms with Gasteiger partial charge in [-0.2, -0.15) is 0 Å². The Balaban J connectivity index is 1.94. The maximum Gasteiger partial charge on any atom is 0.163 e. The molecule has 2 heterocycles. The number of Topliss-reactive ketones (excluding diaryl/α,β-unsaturated/α-hetero) is 1. The Kier molecular flexibility index (Phi) is 3.77. The molecule has 0 bridgehead atoms. The molecule has 0 aromatic heterocycles. The van der Waals surface area contributed by atoms with Gasteiger partial charge in [-0.3, -0.25) is 4.79 Å². The standard InChI is InChI=1S/C17H20F2N2O/c1-3-17-8-5-9-21(17)20(12(2)10-15(17)22)11-13-6-4-7-14(18)16(13)19/h4,6-7H,2-3,5,8-11H2,1H3/t17-/m1/s1. The highest BCUT2D eigenvalue weighted by molar-refractivity contribution is 5.91. The van der Waals surface area contributed by atoms with Crippen LogP contribution in [0.1, 0.15) is 38.2 Å². The number of hydrazine groups is 1. The van der Waals surface area contributed by atoms with Crippen LogP contribution in [0.3, 0.4) is 0 Å². The lowest BCUT2D eigenvalue weighted by Gasteiger charge is -2.49. The van der Waals surface area contributed by atoms with Gasteiger partial charge in [0, 0.05) is 24.2 Å². The largest absolute Gasteiger partial charge is 0.305 e. The number of ketones is 1. The number of benzene rings is 1. The molecule has 118 valence electrons. The number of rotatable bonds is 3. The van der Waals surface area contributed by atoms with Gasteiger partial charge in [-0.25, -0.2) is 13.8 Å². The van der Waals surface area contributed by atoms with E-state index >= 15 is 0 Å². The van der Waals surface area contributed by atoms with E-state index in [0.717, 1.165) is 31.9 Å². The fourth-order valence-corrected chi connectivity index (χ4v) is 3.70. The van der Waals surface area contributed by atoms with Crippen LogP contribution < -0.4 is 0 Å². The summed E-state index contributed by atoms with van der Waals surface area (Å²) >= 11 is 0. The summed E-state index contributed by atoms with van der Waals surface area (Å²) in [5.74, 6) is -1.48. The molecule has 1 aromatic carbocycles. The van der Waals surface area contributed by atoms with Gasteiger partial charge in [-0.15, -0.1) is 0 Å². The van der Waals surface area contributed by atoms with E-state index in [0.29, 0.717) is 5.70 Å². The van der Waals surface area contributed by atoms with Crippen LogP contribution in [0.2, 0.25) is 0 Å². The summed E-state index contributed by atoms with van der Waals surface area (Å²) in [5, 5.41) is 3.89. The number of nitrogens with zero attached hydrogens (tertiary/aromatic N) is 2. The number of carbonyl (C=O) groups is 1. The van der Waals surface area contributed by atoms with Crippen molar-refractivity contribution in [3.63, 3.8) is 0 Å². The van der Waals surface area contributed by atoms with Gasteiger partial charge in [0.1, 0.15) is 0 Å². The number of allylic oxidation sites excluding steroid dienone is 1. The van der Waals surface area contributed by atoms with Crippen molar-refractivity contribution >= 4 is 5.78 Å². The molecule has 2 aliphatic heterocycles. The summed E-state index contributed by atoms with van der Waals surface area (Å²) in [4.78, 5) is 12.5. The number of hydrogen-bond donors (Lipinski definition) is 0. The number of hydrogen-bond acceptors (Lipinski definition) is 3. The number of fused-ring (bicyclic) bond motifs is 1. The number of halogens is 2. The van der Waals surface area contributed by atoms with Crippen molar-refractivity contribution < 1.29 is 13.6 Å². The van der Waals surface area contributed by atoms with E-state index in [1.165, 1.54) is 6.07 Å². The first kappa shape index (κ1) is 15.2. The molecular formula is C17H20F2N2O. The van der Waals surface area contributed by atoms with Crippen molar-refractivity contribution in [3.05, 3.63) is 47.7 Å². The monoisotopic (exact) mass is 306 g/mol. The molecular weight excluding hydrogens is 286 g/mol. The Morgan fingerprint density at radius 1 is 1.36 bits per heavy atom. The van der Waals surface area contributed by atoms with Gasteiger partial charge in [0.05, 0.1) is 12.1 Å². The first-order valence-corrected chi connectivity index (χ1v) is 7.68. The highest BCUT2D eigenvalue weighted by atomic mass is 19.2. The van der Waals surface area contributed by atoms with Crippen LogP contribution in [-0.2, 0) is 11.3 Å². The Bertz CT molecular complexity index is 631. The summed E-state index contributed by atoms with van der Waals surface area (Å²) in [6, 6.07) is 4.19. The molecule has 0 saturated carbocycles. The topological polar surface area (TPSA) is 23.6 Å². The molecule has 0 radical (unpaired) electrons. The van der Waals surface area contributed by atoms with Gasteiger partial charge < -0.3 is 5.01 Å². The van der Waals surface area contributed by atoms with Crippen LogP contribution in [0.5, 0.6) is 0 Å². The first-order valence-electron chi connectivity index (χ1n) is 7.68. The summed E-state index contributed by atoms with van der Waals surface area (Å²) in [6.45, 7) is 6.92. The van der Waals surface area contributed by atoms with Gasteiger partial charge in [-0.05, 0) is 25.3 Å². The van der Waals surface area contributed by atoms with Crippen LogP contribution >= 0.6 is 0 Å². The minimum atomic E-state index is -0.848. The lowest BCUT2D eigenvalue weighted by Crippen LogP contribution is -2.60. The Labute approximate surface area is 129 Å². The molecule has 3 rings (SSSR count). The predicted octanol–water partition coefficient (Wildman–Crippen LogP) is 3.41. The highest BCUT2D eigenvalue weighted by Crippen LogP contribution is 2.42. The second-order valence-electron chi connectivity index (χ2n) is 6.05. The molecule has 0 spiro atoms. The maximum absolute atomic E-state index is 14.0. The van der Waals surface area contributed by atoms with Gasteiger partial charge in [0.2, 0.25) is 0 Å². The van der Waals surface area contributed by atoms with E-state index in [1.54, 1.807) is 6.07 Å². The summed E-state index contributed by atoms with van der Waals surface area (Å²) in [6.07, 6.45) is 2.75. The average molecular weight is 306 g/mol. The van der Waals surface area contributed by atoms with Gasteiger partial charge in [-0.1, -0.05) is 25.6 Å². The van der Waals surface area contributed by atoms with Crippen molar-refractivity contribution in [1.29, 1.82) is 0 Å². The van der Waals surface area contributed by atoms with E-state index in [2.05, 4.69) is 6.58 Å². The Morgan fingerprint density at radius 3 is 2.86 bits per heavy atom. The van der Waals surface area contributed by atoms with E-state index in [9.17, 15) is 13.6 Å². The summed E-state index contributed by atoms with van der Waals surface area (Å²) in [7, 11) is 0. The second-order valence-corrected chi connectivity index (χ2v) is 6.05. The molecule has 2 aliphatic rings. The molecule has 0 aliphatic carbocycles. The van der Waals surface area contributed by atoms with E-state index in [1.807, 2.05) is 16.9 Å². The quantitative estimate of drug-likeness (QED) is 0.855. The third-order valence-electron chi connectivity index (χ3n) is 4.93. The lowest BCUT2D eigenvalue weighted by molar-refractivity contribution is -0.151. The smallest absolute Gasteiger partial charge is 0.163 e. The molecule has 1 aromatic rings. The normalized spacial score (nSPS) is 25.7. The lowest BCUT2D eigenvalue weighted by atomic mass is 9.84. The van der Waals surface area contributed by atoms with E-state index in [-0.39, 0.29) is 24.3 Å². The van der Waals surface area contributed by atoms with Gasteiger partial charge in [0.15, 0.2) is 17.4 Å². The van der Waals surface area contributed by atoms with Gasteiger partial charge in [0.25, 0.3) is 0 Å². The summed E-state index contributed by atoms with van der Waals surface area (Å²) < 4.78 is 27.4. The second kappa shape index (κ2) is 5.47. The number of carbonyl (C=O) groups excluding carboxylic acids is 1. The van der Waals surface area contributed by atoms with Crippen LogP contribution in [0, 0.1) is 11.6 Å². The molecule has 3 nitrogen and oxygen atoms in total. The fraction of sp³-hybridized carbons (Fsp3) is 0.471. The SMILES string of the molecule is C=C1CC(=O)[C@@]2(CC)CCCN2N1Cc1cccc(F)c1F. The molecule has 5 heteroatoms. The zero-order valence-corrected chi connectivity index (χ0v) is 12.7. The Morgan fingerprint density at radius 2 is 2.14 bits per heavy atom. The van der Waals surface area contributed by atoms with Crippen molar-refractivity contribution in [2.24, 2.45) is 0 Å². The fourth-order valence-electron chi connectivity index (χ4n) is 3.70. The third kappa shape index (κ3) is 2.15. The Hall–Kier alpha value is -1.75. The zero-order valence-electron chi connectivity index (χ0n) is 12.7. The van der Waals surface area contributed by atoms with E-state index in [4.69, 9.17) is 0 Å². The molecule has 2 saturated heterocycles. The zero-order chi connectivity index (χ0) is 15.9. The summed E-state index contributed by atoms with van der Waals surface area (Å²) in [5.41, 5.74) is 0.442.